The van der Waals surface area contributed by atoms with Crippen LogP contribution in [0.5, 0.6) is 5.75 Å². The van der Waals surface area contributed by atoms with Crippen molar-refractivity contribution in [3.05, 3.63) is 59.7 Å². The number of carboxylic acid groups (broad SMARTS) is 1. The highest BCUT2D eigenvalue weighted by atomic mass is 16.4. The van der Waals surface area contributed by atoms with Crippen LogP contribution in [0.2, 0.25) is 0 Å². The van der Waals surface area contributed by atoms with E-state index < -0.39 is 17.8 Å². The van der Waals surface area contributed by atoms with Crippen LogP contribution < -0.4 is 10.7 Å². The van der Waals surface area contributed by atoms with Crippen molar-refractivity contribution in [3.63, 3.8) is 0 Å². The summed E-state index contributed by atoms with van der Waals surface area (Å²) in [6, 6.07) is 11.5. The molecule has 0 heterocycles. The third-order valence-electron chi connectivity index (χ3n) is 2.85. The van der Waals surface area contributed by atoms with Crippen molar-refractivity contribution in [1.82, 2.24) is 5.43 Å². The second-order valence-corrected chi connectivity index (χ2v) is 4.63. The molecule has 0 atom stereocenters. The number of carbonyl (C=O) groups excluding carboxylic acids is 2. The molecule has 0 fully saturated rings. The molecule has 8 nitrogen and oxygen atoms in total. The normalized spacial score (nSPS) is 10.3. The molecule has 0 saturated carbocycles. The Bertz CT molecular complexity index is 800. The lowest BCUT2D eigenvalue weighted by molar-refractivity contribution is -0.136. The van der Waals surface area contributed by atoms with Crippen LogP contribution in [0.4, 0.5) is 5.69 Å². The van der Waals surface area contributed by atoms with E-state index in [1.807, 2.05) is 5.43 Å². The number of amides is 2. The Balaban J connectivity index is 1.92. The summed E-state index contributed by atoms with van der Waals surface area (Å²) >= 11 is 0. The van der Waals surface area contributed by atoms with E-state index in [4.69, 9.17) is 10.2 Å². The molecule has 0 aromatic heterocycles. The number of carbonyl (C=O) groups is 3. The summed E-state index contributed by atoms with van der Waals surface area (Å²) in [5.74, 6) is -3.04. The zero-order chi connectivity index (χ0) is 17.5. The monoisotopic (exact) mass is 327 g/mol. The number of hydrogen-bond donors (Lipinski definition) is 4. The Morgan fingerprint density at radius 2 is 1.71 bits per heavy atom. The number of phenolic OH excluding ortho intramolecular Hbond substituents is 1. The molecule has 0 bridgehead atoms. The standard InChI is InChI=1S/C16H13N3O5/c20-13-6-4-10(5-7-13)9-17-19-15(22)14(21)18-12-3-1-2-11(8-12)16(23)24/h1-9,20H,(H,18,21)(H,19,22)(H,23,24)/b17-9+. The van der Waals surface area contributed by atoms with Gasteiger partial charge >= 0.3 is 17.8 Å². The van der Waals surface area contributed by atoms with Gasteiger partial charge in [0.15, 0.2) is 0 Å². The molecule has 0 aliphatic carbocycles. The summed E-state index contributed by atoms with van der Waals surface area (Å²) in [5.41, 5.74) is 2.82. The van der Waals surface area contributed by atoms with E-state index in [-0.39, 0.29) is 17.0 Å². The van der Waals surface area contributed by atoms with Crippen molar-refractivity contribution in [2.45, 2.75) is 0 Å². The van der Waals surface area contributed by atoms with Crippen LogP contribution in [-0.4, -0.2) is 34.2 Å². The first kappa shape index (κ1) is 16.7. The van der Waals surface area contributed by atoms with Gasteiger partial charge in [-0.15, -0.1) is 0 Å². The van der Waals surface area contributed by atoms with Crippen molar-refractivity contribution in [2.24, 2.45) is 5.10 Å². The summed E-state index contributed by atoms with van der Waals surface area (Å²) in [7, 11) is 0. The SMILES string of the molecule is O=C(N/N=C/c1ccc(O)cc1)C(=O)Nc1cccc(C(=O)O)c1. The van der Waals surface area contributed by atoms with Crippen molar-refractivity contribution in [1.29, 1.82) is 0 Å². The largest absolute Gasteiger partial charge is 0.508 e. The van der Waals surface area contributed by atoms with Gasteiger partial charge in [0.2, 0.25) is 0 Å². The van der Waals surface area contributed by atoms with E-state index in [2.05, 4.69) is 10.4 Å². The average molecular weight is 327 g/mol. The Kier molecular flexibility index (Phi) is 5.24. The first-order chi connectivity index (χ1) is 11.5. The van der Waals surface area contributed by atoms with Gasteiger partial charge in [-0.25, -0.2) is 10.2 Å². The van der Waals surface area contributed by atoms with E-state index in [1.54, 1.807) is 12.1 Å². The highest BCUT2D eigenvalue weighted by molar-refractivity contribution is 6.39. The zero-order valence-corrected chi connectivity index (χ0v) is 12.3. The summed E-state index contributed by atoms with van der Waals surface area (Å²) < 4.78 is 0. The van der Waals surface area contributed by atoms with Gasteiger partial charge in [-0.05, 0) is 48.0 Å². The lowest BCUT2D eigenvalue weighted by Crippen LogP contribution is -2.32. The summed E-state index contributed by atoms with van der Waals surface area (Å²) in [6.45, 7) is 0. The van der Waals surface area contributed by atoms with Crippen molar-refractivity contribution >= 4 is 29.7 Å². The van der Waals surface area contributed by atoms with Gasteiger partial charge in [-0.1, -0.05) is 6.07 Å². The molecule has 0 spiro atoms. The molecule has 2 rings (SSSR count). The van der Waals surface area contributed by atoms with Gasteiger partial charge in [0.05, 0.1) is 11.8 Å². The van der Waals surface area contributed by atoms with Gasteiger partial charge in [0.1, 0.15) is 5.75 Å². The van der Waals surface area contributed by atoms with Crippen LogP contribution in [0.3, 0.4) is 0 Å². The van der Waals surface area contributed by atoms with Crippen LogP contribution in [0.1, 0.15) is 15.9 Å². The molecule has 0 aliphatic rings. The summed E-state index contributed by atoms with van der Waals surface area (Å²) in [4.78, 5) is 34.2. The van der Waals surface area contributed by atoms with Gasteiger partial charge in [-0.2, -0.15) is 5.10 Å². The second-order valence-electron chi connectivity index (χ2n) is 4.63. The number of anilines is 1. The fourth-order valence-corrected chi connectivity index (χ4v) is 1.69. The number of hydrazone groups is 1. The molecule has 122 valence electrons. The maximum Gasteiger partial charge on any atom is 0.335 e. The number of hydrogen-bond acceptors (Lipinski definition) is 5. The maximum absolute atomic E-state index is 11.7. The predicted molar refractivity (Wildman–Crippen MR) is 85.9 cm³/mol. The number of rotatable bonds is 4. The van der Waals surface area contributed by atoms with Crippen LogP contribution in [-0.2, 0) is 9.59 Å². The Morgan fingerprint density at radius 1 is 1.00 bits per heavy atom. The number of aromatic hydroxyl groups is 1. The molecular formula is C16H13N3O5. The second kappa shape index (κ2) is 7.54. The average Bonchev–Trinajstić information content (AvgIpc) is 2.56. The van der Waals surface area contributed by atoms with Gasteiger partial charge in [0, 0.05) is 5.69 Å². The molecule has 24 heavy (non-hydrogen) atoms. The summed E-state index contributed by atoms with van der Waals surface area (Å²) in [6.07, 6.45) is 1.30. The van der Waals surface area contributed by atoms with E-state index >= 15 is 0 Å². The third kappa shape index (κ3) is 4.67. The zero-order valence-electron chi connectivity index (χ0n) is 12.3. The first-order valence-corrected chi connectivity index (χ1v) is 6.72. The number of nitrogens with one attached hydrogen (secondary N) is 2. The molecule has 8 heteroatoms. The lowest BCUT2D eigenvalue weighted by atomic mass is 10.2. The predicted octanol–water partition coefficient (Wildman–Crippen LogP) is 1.18. The van der Waals surface area contributed by atoms with Crippen molar-refractivity contribution in [3.8, 4) is 5.75 Å². The van der Waals surface area contributed by atoms with E-state index in [0.29, 0.717) is 5.56 Å². The van der Waals surface area contributed by atoms with Crippen LogP contribution >= 0.6 is 0 Å². The molecule has 2 aromatic rings. The molecule has 0 saturated heterocycles. The van der Waals surface area contributed by atoms with Gasteiger partial charge in [-0.3, -0.25) is 9.59 Å². The third-order valence-corrected chi connectivity index (χ3v) is 2.85. The van der Waals surface area contributed by atoms with E-state index in [9.17, 15) is 14.4 Å². The number of benzene rings is 2. The first-order valence-electron chi connectivity index (χ1n) is 6.72. The fourth-order valence-electron chi connectivity index (χ4n) is 1.69. The molecule has 0 unspecified atom stereocenters. The quantitative estimate of drug-likeness (QED) is 0.381. The molecule has 0 aliphatic heterocycles. The number of nitrogens with zero attached hydrogens (tertiary/aromatic N) is 1. The Morgan fingerprint density at radius 3 is 2.38 bits per heavy atom. The fraction of sp³-hybridized carbons (Fsp3) is 0. The van der Waals surface area contributed by atoms with Gasteiger partial charge < -0.3 is 15.5 Å². The highest BCUT2D eigenvalue weighted by Gasteiger charge is 2.13. The molecule has 2 amide bonds. The van der Waals surface area contributed by atoms with Crippen molar-refractivity contribution < 1.29 is 24.6 Å². The smallest absolute Gasteiger partial charge is 0.335 e. The molecule has 0 radical (unpaired) electrons. The van der Waals surface area contributed by atoms with Crippen LogP contribution in [0, 0.1) is 0 Å². The number of aromatic carboxylic acids is 1. The maximum atomic E-state index is 11.7. The minimum Gasteiger partial charge on any atom is -0.508 e. The number of phenols is 1. The van der Waals surface area contributed by atoms with Crippen LogP contribution in [0.25, 0.3) is 0 Å². The minimum absolute atomic E-state index is 0.0152. The summed E-state index contributed by atoms with van der Waals surface area (Å²) in [5, 5.41) is 23.9. The highest BCUT2D eigenvalue weighted by Crippen LogP contribution is 2.10. The lowest BCUT2D eigenvalue weighted by Gasteiger charge is -2.04. The van der Waals surface area contributed by atoms with Crippen molar-refractivity contribution in [2.75, 3.05) is 5.32 Å². The van der Waals surface area contributed by atoms with Gasteiger partial charge in [0.25, 0.3) is 0 Å². The van der Waals surface area contributed by atoms with E-state index in [0.717, 1.165) is 0 Å². The molecular weight excluding hydrogens is 314 g/mol. The molecule has 4 N–H and O–H groups in total. The molecule has 2 aromatic carbocycles. The number of carboxylic acids is 1. The Labute approximate surface area is 136 Å². The minimum atomic E-state index is -1.14. The topological polar surface area (TPSA) is 128 Å². The van der Waals surface area contributed by atoms with E-state index in [1.165, 1.54) is 42.6 Å². The van der Waals surface area contributed by atoms with Crippen LogP contribution in [0.15, 0.2) is 53.6 Å². The Hall–Kier alpha value is -3.68.